The molecule has 7 heterocycles. The number of fused-ring (bicyclic) bond motifs is 7. The molecule has 0 amide bonds. The fourth-order valence-electron chi connectivity index (χ4n) is 9.36. The number of rotatable bonds is 0. The van der Waals surface area contributed by atoms with E-state index in [1.54, 1.807) is 62.8 Å². The smallest absolute Gasteiger partial charge is 0.198 e. The first-order chi connectivity index (χ1) is 49.6. The Morgan fingerprint density at radius 3 is 1.30 bits per heavy atom. The number of nitriles is 5. The summed E-state index contributed by atoms with van der Waals surface area (Å²) in [5.74, 6) is 0. The highest BCUT2D eigenvalue weighted by molar-refractivity contribution is 7.19. The third-order valence-electron chi connectivity index (χ3n) is 13.8. The van der Waals surface area contributed by atoms with Crippen molar-refractivity contribution >= 4 is 173 Å². The molecule has 0 aliphatic rings. The maximum atomic E-state index is 9.00. The minimum Gasteiger partial charge on any atom is -0.237 e. The van der Waals surface area contributed by atoms with Crippen LogP contribution in [0.3, 0.4) is 0 Å². The molecule has 7 aromatic carbocycles. The Balaban J connectivity index is 0.000000578. The summed E-state index contributed by atoms with van der Waals surface area (Å²) in [7, 11) is 0. The van der Waals surface area contributed by atoms with E-state index in [0.717, 1.165) is 103 Å². The van der Waals surface area contributed by atoms with E-state index in [2.05, 4.69) is 87.0 Å². The van der Waals surface area contributed by atoms with E-state index >= 15 is 0 Å². The van der Waals surface area contributed by atoms with E-state index in [1.807, 2.05) is 255 Å². The van der Waals surface area contributed by atoms with Crippen LogP contribution in [0.25, 0.3) is 90.0 Å². The van der Waals surface area contributed by atoms with E-state index in [-0.39, 0.29) is 0 Å². The highest BCUT2D eigenvalue weighted by atomic mass is 32.1. The maximum Gasteiger partial charge on any atom is 0.198 e. The standard InChI is InChI=1S/2C11H6N2S.5C10H7NS.7C2H6/c1-7-5-8(6-12)11-9(3-4-14-11)10(7)13-2;1-7-4-8-2-3-14-11(8)10(6-13)9(7)5-12;1-7-5-9(11-2)8-3-4-12-10(8)6-7;1-7-3-4-9-8(5-6-12-9)10(7)11-2;1-7-3-4-9(11-2)8-5-6-12-10(7)8;1-7-4-8-2-3-12-10(8)5-9(7)6-11;1-7-2-3-8-4-5-12-10(8)9(7)6-11;7*1-2/h3-5H,1H3;2-4H,1H3;3*3-6H,1H3;2*2-5H,1H3;7*1-2H3. The topological polar surface area (TPSA) is 136 Å². The zero-order chi connectivity index (χ0) is 77.0. The second kappa shape index (κ2) is 49.2. The Labute approximate surface area is 634 Å². The summed E-state index contributed by atoms with van der Waals surface area (Å²) in [6.45, 7) is 69.8. The van der Waals surface area contributed by atoms with Gasteiger partial charge in [0.1, 0.15) is 24.3 Å². The van der Waals surface area contributed by atoms with E-state index in [1.165, 1.54) is 57.8 Å². The monoisotopic (exact) mass is 1470 g/mol. The average molecular weight is 1470 g/mol. The van der Waals surface area contributed by atoms with Crippen LogP contribution in [0.1, 0.15) is 164 Å². The van der Waals surface area contributed by atoms with Crippen molar-refractivity contribution in [3.8, 4) is 30.3 Å². The molecule has 9 nitrogen and oxygen atoms in total. The second-order valence-corrected chi connectivity index (χ2v) is 26.0. The van der Waals surface area contributed by atoms with Gasteiger partial charge in [-0.05, 0) is 206 Å². The minimum absolute atomic E-state index is 0.502. The molecule has 0 saturated heterocycles. The Morgan fingerprint density at radius 2 is 0.725 bits per heavy atom. The quantitative estimate of drug-likeness (QED) is 0.139. The van der Waals surface area contributed by atoms with E-state index in [0.29, 0.717) is 22.4 Å². The van der Waals surface area contributed by atoms with Crippen molar-refractivity contribution in [2.75, 3.05) is 0 Å². The van der Waals surface area contributed by atoms with Gasteiger partial charge in [-0.1, -0.05) is 169 Å². The van der Waals surface area contributed by atoms with Crippen LogP contribution in [0, 0.1) is 131 Å². The fraction of sp³-hybridized carbons (Fsp3) is 0.244. The molecule has 520 valence electrons. The Morgan fingerprint density at radius 1 is 0.275 bits per heavy atom. The molecule has 0 bridgehead atoms. The molecular formula is C86H89N9S7. The van der Waals surface area contributed by atoms with Crippen LogP contribution < -0.4 is 0 Å². The lowest BCUT2D eigenvalue weighted by Crippen LogP contribution is -1.88. The predicted molar refractivity (Wildman–Crippen MR) is 454 cm³/mol. The van der Waals surface area contributed by atoms with Crippen molar-refractivity contribution in [1.29, 1.82) is 26.3 Å². The lowest BCUT2D eigenvalue weighted by atomic mass is 10.0. The van der Waals surface area contributed by atoms with Crippen molar-refractivity contribution in [3.05, 3.63) is 265 Å². The molecule has 102 heavy (non-hydrogen) atoms. The molecule has 0 aliphatic heterocycles. The van der Waals surface area contributed by atoms with Gasteiger partial charge in [0, 0.05) is 23.5 Å². The molecule has 0 atom stereocenters. The molecule has 7 aromatic heterocycles. The van der Waals surface area contributed by atoms with Crippen molar-refractivity contribution in [1.82, 2.24) is 0 Å². The Bertz CT molecular complexity index is 5250. The number of nitrogens with zero attached hydrogens (tertiary/aromatic N) is 9. The molecule has 0 spiro atoms. The largest absolute Gasteiger partial charge is 0.237 e. The maximum absolute atomic E-state index is 9.00. The van der Waals surface area contributed by atoms with Crippen LogP contribution in [-0.2, 0) is 0 Å². The average Bonchev–Trinajstić information content (AvgIpc) is 1.45. The third kappa shape index (κ3) is 23.6. The van der Waals surface area contributed by atoms with Gasteiger partial charge in [0.05, 0.1) is 69.6 Å². The number of thiophene rings is 7. The molecule has 16 heteroatoms. The molecule has 0 aliphatic carbocycles. The molecular weight excluding hydrogens is 1380 g/mol. The summed E-state index contributed by atoms with van der Waals surface area (Å²) >= 11 is 11.4. The van der Waals surface area contributed by atoms with Gasteiger partial charge < -0.3 is 0 Å². The fourth-order valence-corrected chi connectivity index (χ4v) is 15.5. The van der Waals surface area contributed by atoms with Crippen LogP contribution >= 0.6 is 79.4 Å². The first-order valence-corrected chi connectivity index (χ1v) is 39.7. The van der Waals surface area contributed by atoms with Gasteiger partial charge in [-0.3, -0.25) is 0 Å². The molecule has 14 aromatic rings. The third-order valence-corrected chi connectivity index (χ3v) is 20.3. The second-order valence-electron chi connectivity index (χ2n) is 19.5. The normalized spacial score (nSPS) is 8.94. The summed E-state index contributed by atoms with van der Waals surface area (Å²) in [6, 6.07) is 48.6. The van der Waals surface area contributed by atoms with Crippen LogP contribution in [0.2, 0.25) is 0 Å². The lowest BCUT2D eigenvalue weighted by Gasteiger charge is -2.00. The summed E-state index contributed by atoms with van der Waals surface area (Å²) in [4.78, 5) is 14.0. The van der Waals surface area contributed by atoms with Gasteiger partial charge in [-0.15, -0.1) is 79.4 Å². The van der Waals surface area contributed by atoms with Crippen LogP contribution in [0.5, 0.6) is 0 Å². The van der Waals surface area contributed by atoms with Crippen molar-refractivity contribution in [2.45, 2.75) is 145 Å². The number of hydrogen-bond acceptors (Lipinski definition) is 12. The van der Waals surface area contributed by atoms with Crippen molar-refractivity contribution in [2.24, 2.45) is 0 Å². The first-order valence-electron chi connectivity index (χ1n) is 33.5. The van der Waals surface area contributed by atoms with Gasteiger partial charge in [-0.25, -0.2) is 19.4 Å². The van der Waals surface area contributed by atoms with Crippen molar-refractivity contribution < 1.29 is 0 Å². The molecule has 14 rings (SSSR count). The van der Waals surface area contributed by atoms with Crippen LogP contribution in [0.4, 0.5) is 22.7 Å². The summed E-state index contributed by atoms with van der Waals surface area (Å²) < 4.78 is 7.78. The SMILES string of the molecule is CC.CC.CC.CC.CC.CC.CC.Cc1cc2ccsc2c(C#N)c1C#N.Cc1cc2ccsc2cc1C#N.Cc1ccc2ccsc2c1C#N.[C-]#[N+]c1c(C)cc(C#N)c2sccc12.[C-]#[N+]c1c(C)ccc2sccc12.[C-]#[N+]c1cc(C)cc2sccc12.[C-]#[N+]c1ccc(C)c2sccc12. The van der Waals surface area contributed by atoms with E-state index in [9.17, 15) is 0 Å². The van der Waals surface area contributed by atoms with Crippen LogP contribution in [0.15, 0.2) is 153 Å². The number of aryl methyl sites for hydroxylation is 7. The zero-order valence-corrected chi connectivity index (χ0v) is 68.1. The zero-order valence-electron chi connectivity index (χ0n) is 62.4. The molecule has 0 radical (unpaired) electrons. The predicted octanol–water partition coefficient (Wildman–Crippen LogP) is 31.2. The number of benzene rings is 7. The summed E-state index contributed by atoms with van der Waals surface area (Å²) in [6.07, 6.45) is 0. The Hall–Kier alpha value is -10.3. The molecule has 0 saturated carbocycles. The van der Waals surface area contributed by atoms with Gasteiger partial charge in [0.2, 0.25) is 0 Å². The van der Waals surface area contributed by atoms with E-state index in [4.69, 9.17) is 52.6 Å². The van der Waals surface area contributed by atoms with E-state index < -0.39 is 0 Å². The van der Waals surface area contributed by atoms with Crippen LogP contribution in [-0.4, -0.2) is 0 Å². The summed E-state index contributed by atoms with van der Waals surface area (Å²) in [5.41, 5.74) is 13.6. The molecule has 0 N–H and O–H groups in total. The Kier molecular flexibility index (Phi) is 43.3. The van der Waals surface area contributed by atoms with Gasteiger partial charge >= 0.3 is 0 Å². The summed E-state index contributed by atoms with van der Waals surface area (Å²) in [5, 5.41) is 66.1. The van der Waals surface area contributed by atoms with Crippen molar-refractivity contribution in [3.63, 3.8) is 0 Å². The lowest BCUT2D eigenvalue weighted by molar-refractivity contribution is 1.39. The molecule has 0 fully saturated rings. The molecule has 0 unspecified atom stereocenters. The van der Waals surface area contributed by atoms with Gasteiger partial charge in [-0.2, -0.15) is 26.3 Å². The highest BCUT2D eigenvalue weighted by Crippen LogP contribution is 2.38. The van der Waals surface area contributed by atoms with Gasteiger partial charge in [0.25, 0.3) is 0 Å². The minimum atomic E-state index is 0.502. The van der Waals surface area contributed by atoms with Gasteiger partial charge in [0.15, 0.2) is 22.7 Å². The first kappa shape index (κ1) is 89.7. The highest BCUT2D eigenvalue weighted by Gasteiger charge is 2.13. The number of hydrogen-bond donors (Lipinski definition) is 0.